The second-order valence-electron chi connectivity index (χ2n) is 5.71. The van der Waals surface area contributed by atoms with Gasteiger partial charge in [-0.2, -0.15) is 5.26 Å². The first-order chi connectivity index (χ1) is 10.1. The van der Waals surface area contributed by atoms with E-state index in [-0.39, 0.29) is 0 Å². The third-order valence-corrected chi connectivity index (χ3v) is 3.39. The van der Waals surface area contributed by atoms with Crippen molar-refractivity contribution in [1.82, 2.24) is 9.55 Å². The van der Waals surface area contributed by atoms with Gasteiger partial charge < -0.3 is 10.3 Å². The van der Waals surface area contributed by atoms with E-state index in [4.69, 9.17) is 16.0 Å². The molecule has 0 unspecified atom stereocenters. The summed E-state index contributed by atoms with van der Waals surface area (Å²) in [5.41, 5.74) is 8.75. The van der Waals surface area contributed by atoms with Crippen molar-refractivity contribution in [3.63, 3.8) is 0 Å². The van der Waals surface area contributed by atoms with Crippen molar-refractivity contribution in [2.45, 2.75) is 40.2 Å². The maximum Gasteiger partial charge on any atom is 0.131 e. The van der Waals surface area contributed by atoms with Gasteiger partial charge in [-0.3, -0.25) is 0 Å². The van der Waals surface area contributed by atoms with Gasteiger partial charge in [-0.05, 0) is 24.5 Å². The van der Waals surface area contributed by atoms with Crippen LogP contribution in [0.5, 0.6) is 0 Å². The molecule has 0 aliphatic rings. The molecular weight excluding hydrogens is 260 g/mol. The molecule has 2 aromatic rings. The van der Waals surface area contributed by atoms with Crippen molar-refractivity contribution in [3.05, 3.63) is 35.7 Å². The van der Waals surface area contributed by atoms with Gasteiger partial charge in [0.05, 0.1) is 11.6 Å². The highest BCUT2D eigenvalue weighted by Gasteiger charge is 2.16. The van der Waals surface area contributed by atoms with Gasteiger partial charge in [-0.1, -0.05) is 32.9 Å². The number of nitrogens with two attached hydrogens (primary N) is 1. The Bertz CT molecular complexity index is 645. The predicted octanol–water partition coefficient (Wildman–Crippen LogP) is 3.61. The molecule has 0 saturated heterocycles. The fraction of sp³-hybridized carbons (Fsp3) is 0.412. The number of aromatic nitrogens is 2. The fourth-order valence-corrected chi connectivity index (χ4v) is 2.41. The number of nitriles is 1. The van der Waals surface area contributed by atoms with Gasteiger partial charge >= 0.3 is 0 Å². The van der Waals surface area contributed by atoms with Gasteiger partial charge in [0.15, 0.2) is 0 Å². The van der Waals surface area contributed by atoms with Crippen molar-refractivity contribution < 1.29 is 0 Å². The number of rotatable bonds is 5. The summed E-state index contributed by atoms with van der Waals surface area (Å²) in [5, 5.41) is 8.88. The third kappa shape index (κ3) is 3.25. The van der Waals surface area contributed by atoms with Crippen LogP contribution >= 0.6 is 0 Å². The minimum Gasteiger partial charge on any atom is -0.383 e. The lowest BCUT2D eigenvalue weighted by Gasteiger charge is -2.11. The van der Waals surface area contributed by atoms with Crippen LogP contribution < -0.4 is 5.73 Å². The highest BCUT2D eigenvalue weighted by molar-refractivity contribution is 5.71. The Labute approximate surface area is 126 Å². The van der Waals surface area contributed by atoms with Gasteiger partial charge in [0.25, 0.3) is 0 Å². The lowest BCUT2D eigenvalue weighted by Crippen LogP contribution is -2.11. The normalized spacial score (nSPS) is 10.8. The van der Waals surface area contributed by atoms with E-state index in [1.807, 2.05) is 12.1 Å². The van der Waals surface area contributed by atoms with Crippen molar-refractivity contribution in [2.24, 2.45) is 5.92 Å². The molecule has 110 valence electrons. The Hall–Kier alpha value is -2.28. The average molecular weight is 282 g/mol. The van der Waals surface area contributed by atoms with Crippen molar-refractivity contribution in [1.29, 1.82) is 5.26 Å². The molecule has 0 saturated carbocycles. The SMILES string of the molecule is CCCc1nc(-c2ccc(C#N)cc2)c(N)n1CC(C)C. The van der Waals surface area contributed by atoms with Crippen LogP contribution in [0.25, 0.3) is 11.3 Å². The Morgan fingerprint density at radius 1 is 1.29 bits per heavy atom. The zero-order valence-corrected chi connectivity index (χ0v) is 12.9. The Morgan fingerprint density at radius 2 is 1.95 bits per heavy atom. The maximum absolute atomic E-state index is 8.88. The predicted molar refractivity (Wildman–Crippen MR) is 85.6 cm³/mol. The number of nitrogens with zero attached hydrogens (tertiary/aromatic N) is 3. The molecule has 0 radical (unpaired) electrons. The summed E-state index contributed by atoms with van der Waals surface area (Å²) < 4.78 is 2.13. The lowest BCUT2D eigenvalue weighted by atomic mass is 10.1. The van der Waals surface area contributed by atoms with Gasteiger partial charge in [0.2, 0.25) is 0 Å². The molecule has 0 fully saturated rings. The molecule has 0 spiro atoms. The van der Waals surface area contributed by atoms with Crippen molar-refractivity contribution in [2.75, 3.05) is 5.73 Å². The average Bonchev–Trinajstić information content (AvgIpc) is 2.76. The number of hydrogen-bond donors (Lipinski definition) is 1. The van der Waals surface area contributed by atoms with E-state index in [0.29, 0.717) is 11.5 Å². The molecule has 4 heteroatoms. The minimum absolute atomic E-state index is 0.519. The van der Waals surface area contributed by atoms with Crippen LogP contribution in [0.2, 0.25) is 0 Å². The van der Waals surface area contributed by atoms with E-state index in [0.717, 1.165) is 42.3 Å². The molecule has 0 aliphatic heterocycles. The molecule has 1 aromatic heterocycles. The molecule has 0 atom stereocenters. The van der Waals surface area contributed by atoms with Crippen LogP contribution in [0.3, 0.4) is 0 Å². The van der Waals surface area contributed by atoms with Crippen LogP contribution in [-0.2, 0) is 13.0 Å². The minimum atomic E-state index is 0.519. The highest BCUT2D eigenvalue weighted by Crippen LogP contribution is 2.28. The van der Waals surface area contributed by atoms with Gasteiger partial charge in [0.1, 0.15) is 17.3 Å². The highest BCUT2D eigenvalue weighted by atomic mass is 15.1. The van der Waals surface area contributed by atoms with Crippen molar-refractivity contribution >= 4 is 5.82 Å². The lowest BCUT2D eigenvalue weighted by molar-refractivity contribution is 0.510. The summed E-state index contributed by atoms with van der Waals surface area (Å²) in [6, 6.07) is 9.55. The van der Waals surface area contributed by atoms with E-state index in [1.54, 1.807) is 12.1 Å². The molecule has 1 heterocycles. The second-order valence-corrected chi connectivity index (χ2v) is 5.71. The van der Waals surface area contributed by atoms with Crippen LogP contribution in [0.1, 0.15) is 38.6 Å². The molecule has 4 nitrogen and oxygen atoms in total. The zero-order chi connectivity index (χ0) is 15.4. The Kier molecular flexibility index (Phi) is 4.64. The monoisotopic (exact) mass is 282 g/mol. The number of benzene rings is 1. The summed E-state index contributed by atoms with van der Waals surface area (Å²) in [6.45, 7) is 7.38. The fourth-order valence-electron chi connectivity index (χ4n) is 2.41. The summed E-state index contributed by atoms with van der Waals surface area (Å²) in [5.74, 6) is 2.28. The Morgan fingerprint density at radius 3 is 2.48 bits per heavy atom. The van der Waals surface area contributed by atoms with E-state index in [1.165, 1.54) is 0 Å². The topological polar surface area (TPSA) is 67.6 Å². The Balaban J connectivity index is 2.45. The van der Waals surface area contributed by atoms with Gasteiger partial charge in [-0.15, -0.1) is 0 Å². The number of imidazole rings is 1. The second kappa shape index (κ2) is 6.45. The summed E-state index contributed by atoms with van der Waals surface area (Å²) in [6.07, 6.45) is 1.97. The number of aryl methyl sites for hydroxylation is 1. The van der Waals surface area contributed by atoms with E-state index in [2.05, 4.69) is 31.4 Å². The molecule has 0 bridgehead atoms. The first-order valence-electron chi connectivity index (χ1n) is 7.42. The van der Waals surface area contributed by atoms with Crippen molar-refractivity contribution in [3.8, 4) is 17.3 Å². The number of nitrogen functional groups attached to an aromatic ring is 1. The molecule has 21 heavy (non-hydrogen) atoms. The summed E-state index contributed by atoms with van der Waals surface area (Å²) in [7, 11) is 0. The molecule has 0 aliphatic carbocycles. The van der Waals surface area contributed by atoms with Crippen LogP contribution in [-0.4, -0.2) is 9.55 Å². The summed E-state index contributed by atoms with van der Waals surface area (Å²) in [4.78, 5) is 4.73. The van der Waals surface area contributed by atoms with Crippen LogP contribution in [0.4, 0.5) is 5.82 Å². The standard InChI is InChI=1S/C17H22N4/c1-4-5-15-20-16(17(19)21(15)11-12(2)3)14-8-6-13(10-18)7-9-14/h6-9,12H,4-5,11,19H2,1-3H3. The quantitative estimate of drug-likeness (QED) is 0.910. The largest absolute Gasteiger partial charge is 0.383 e. The number of anilines is 1. The molecular formula is C17H22N4. The first kappa shape index (κ1) is 15.1. The molecule has 2 rings (SSSR count). The van der Waals surface area contributed by atoms with E-state index < -0.39 is 0 Å². The van der Waals surface area contributed by atoms with Gasteiger partial charge in [0, 0.05) is 18.5 Å². The molecule has 2 N–H and O–H groups in total. The van der Waals surface area contributed by atoms with E-state index >= 15 is 0 Å². The smallest absolute Gasteiger partial charge is 0.131 e. The zero-order valence-electron chi connectivity index (χ0n) is 12.9. The third-order valence-electron chi connectivity index (χ3n) is 3.39. The van der Waals surface area contributed by atoms with E-state index in [9.17, 15) is 0 Å². The molecule has 0 amide bonds. The molecule has 1 aromatic carbocycles. The number of hydrogen-bond acceptors (Lipinski definition) is 3. The maximum atomic E-state index is 8.88. The first-order valence-corrected chi connectivity index (χ1v) is 7.42. The van der Waals surface area contributed by atoms with Crippen LogP contribution in [0.15, 0.2) is 24.3 Å². The van der Waals surface area contributed by atoms with Crippen LogP contribution in [0, 0.1) is 17.2 Å². The van der Waals surface area contributed by atoms with Gasteiger partial charge in [-0.25, -0.2) is 4.98 Å². The summed E-state index contributed by atoms with van der Waals surface area (Å²) >= 11 is 0.